The zero-order chi connectivity index (χ0) is 18.7. The normalized spacial score (nSPS) is 10.3. The van der Waals surface area contributed by atoms with Gasteiger partial charge in [-0.05, 0) is 12.1 Å². The molecule has 0 unspecified atom stereocenters. The van der Waals surface area contributed by atoms with Crippen LogP contribution in [0.25, 0.3) is 0 Å². The fourth-order valence-corrected chi connectivity index (χ4v) is 2.31. The number of carbonyl (C=O) groups excluding carboxylic acids is 2. The van der Waals surface area contributed by atoms with Gasteiger partial charge in [0.15, 0.2) is 0 Å². The molecule has 0 saturated carbocycles. The molecule has 11 heteroatoms. The van der Waals surface area contributed by atoms with Gasteiger partial charge in [-0.25, -0.2) is 0 Å². The van der Waals surface area contributed by atoms with Crippen LogP contribution in [0.2, 0.25) is 10.0 Å². The molecule has 0 saturated heterocycles. The Bertz CT molecular complexity index is 941. The maximum absolute atomic E-state index is 12.1. The molecule has 0 spiro atoms. The molecule has 0 bridgehead atoms. The largest absolute Gasteiger partial charge is 0.365 e. The number of anilines is 1. The highest BCUT2D eigenvalue weighted by molar-refractivity contribution is 6.43. The van der Waals surface area contributed by atoms with Crippen LogP contribution in [-0.2, 0) is 11.3 Å². The topological polar surface area (TPSA) is 137 Å². The Labute approximate surface area is 150 Å². The number of rotatable bonds is 5. The van der Waals surface area contributed by atoms with Crippen LogP contribution in [0.5, 0.6) is 0 Å². The maximum Gasteiger partial charge on any atom is 0.286 e. The van der Waals surface area contributed by atoms with Crippen molar-refractivity contribution in [2.45, 2.75) is 6.54 Å². The quantitative estimate of drug-likeness (QED) is 0.597. The molecular weight excluding hydrogens is 375 g/mol. The van der Waals surface area contributed by atoms with E-state index in [-0.39, 0.29) is 15.7 Å². The first-order chi connectivity index (χ1) is 11.7. The maximum atomic E-state index is 12.1. The van der Waals surface area contributed by atoms with Crippen molar-refractivity contribution in [3.63, 3.8) is 0 Å². The molecule has 2 aromatic rings. The molecule has 0 radical (unpaired) electrons. The third-order valence-electron chi connectivity index (χ3n) is 3.09. The number of nitrogens with zero attached hydrogens (tertiary/aromatic N) is 2. The third kappa shape index (κ3) is 4.14. The summed E-state index contributed by atoms with van der Waals surface area (Å²) < 4.78 is 0.714. The van der Waals surface area contributed by atoms with Crippen molar-refractivity contribution in [1.82, 2.24) is 4.57 Å². The summed E-state index contributed by atoms with van der Waals surface area (Å²) in [6, 6.07) is 5.31. The first-order valence-corrected chi connectivity index (χ1v) is 7.39. The Morgan fingerprint density at radius 1 is 1.32 bits per heavy atom. The van der Waals surface area contributed by atoms with Crippen LogP contribution in [0, 0.1) is 10.1 Å². The molecular formula is C14H10Cl2N4O5. The second kappa shape index (κ2) is 7.32. The standard InChI is InChI=1S/C14H10Cl2N4O5/c15-9-2-1-3-10(12(9)16)18-11(21)6-19-5-7(20(24)25)4-8(13(17)22)14(19)23/h1-5H,6H2,(H2,17,22)(H,18,21). The molecule has 1 aromatic carbocycles. The van der Waals surface area contributed by atoms with Gasteiger partial charge in [0.05, 0.1) is 26.9 Å². The molecule has 9 nitrogen and oxygen atoms in total. The Morgan fingerprint density at radius 2 is 2.00 bits per heavy atom. The molecule has 0 fully saturated rings. The summed E-state index contributed by atoms with van der Waals surface area (Å²) in [6.45, 7) is -0.594. The van der Waals surface area contributed by atoms with Crippen LogP contribution in [0.4, 0.5) is 11.4 Å². The van der Waals surface area contributed by atoms with Crippen LogP contribution in [0.15, 0.2) is 35.3 Å². The second-order valence-electron chi connectivity index (χ2n) is 4.82. The van der Waals surface area contributed by atoms with Gasteiger partial charge in [-0.3, -0.25) is 29.1 Å². The Balaban J connectivity index is 2.34. The number of halogens is 2. The van der Waals surface area contributed by atoms with Gasteiger partial charge in [0.25, 0.3) is 17.2 Å². The summed E-state index contributed by atoms with van der Waals surface area (Å²) in [4.78, 5) is 45.6. The molecule has 25 heavy (non-hydrogen) atoms. The number of nitro groups is 1. The molecule has 0 aliphatic heterocycles. The van der Waals surface area contributed by atoms with Gasteiger partial charge in [0, 0.05) is 6.07 Å². The minimum atomic E-state index is -1.14. The van der Waals surface area contributed by atoms with E-state index in [1.807, 2.05) is 0 Å². The number of aromatic nitrogens is 1. The van der Waals surface area contributed by atoms with E-state index in [0.717, 1.165) is 12.3 Å². The predicted molar refractivity (Wildman–Crippen MR) is 91.0 cm³/mol. The fourth-order valence-electron chi connectivity index (χ4n) is 1.96. The molecule has 130 valence electrons. The zero-order valence-electron chi connectivity index (χ0n) is 12.4. The SMILES string of the molecule is NC(=O)c1cc([N+](=O)[O-])cn(CC(=O)Nc2cccc(Cl)c2Cl)c1=O. The van der Waals surface area contributed by atoms with Gasteiger partial charge in [-0.15, -0.1) is 0 Å². The first kappa shape index (κ1) is 18.4. The number of primary amides is 1. The zero-order valence-corrected chi connectivity index (χ0v) is 13.9. The summed E-state index contributed by atoms with van der Waals surface area (Å²) in [6.07, 6.45) is 0.841. The summed E-state index contributed by atoms with van der Waals surface area (Å²) in [5.41, 5.74) is 3.16. The molecule has 0 aliphatic rings. The number of hydrogen-bond donors (Lipinski definition) is 2. The summed E-state index contributed by atoms with van der Waals surface area (Å²) in [5, 5.41) is 13.6. The predicted octanol–water partition coefficient (Wildman–Crippen LogP) is 1.80. The molecule has 3 N–H and O–H groups in total. The van der Waals surface area contributed by atoms with Gasteiger partial charge in [-0.1, -0.05) is 29.3 Å². The molecule has 0 atom stereocenters. The van der Waals surface area contributed by atoms with Crippen molar-refractivity contribution < 1.29 is 14.5 Å². The fraction of sp³-hybridized carbons (Fsp3) is 0.0714. The van der Waals surface area contributed by atoms with Gasteiger partial charge in [0.1, 0.15) is 12.1 Å². The van der Waals surface area contributed by atoms with Gasteiger partial charge in [-0.2, -0.15) is 0 Å². The lowest BCUT2D eigenvalue weighted by molar-refractivity contribution is -0.385. The highest BCUT2D eigenvalue weighted by Crippen LogP contribution is 2.29. The number of amides is 2. The monoisotopic (exact) mass is 384 g/mol. The van der Waals surface area contributed by atoms with Crippen molar-refractivity contribution in [3.05, 3.63) is 66.5 Å². The minimum Gasteiger partial charge on any atom is -0.365 e. The van der Waals surface area contributed by atoms with E-state index in [4.69, 9.17) is 28.9 Å². The highest BCUT2D eigenvalue weighted by atomic mass is 35.5. The van der Waals surface area contributed by atoms with Gasteiger partial charge >= 0.3 is 0 Å². The number of benzene rings is 1. The van der Waals surface area contributed by atoms with Crippen molar-refractivity contribution in [3.8, 4) is 0 Å². The van der Waals surface area contributed by atoms with E-state index in [1.165, 1.54) is 12.1 Å². The third-order valence-corrected chi connectivity index (χ3v) is 3.91. The molecule has 1 aromatic heterocycles. The smallest absolute Gasteiger partial charge is 0.286 e. The van der Waals surface area contributed by atoms with Crippen molar-refractivity contribution >= 4 is 46.4 Å². The lowest BCUT2D eigenvalue weighted by atomic mass is 10.2. The molecule has 2 rings (SSSR count). The van der Waals surface area contributed by atoms with Crippen molar-refractivity contribution in [1.29, 1.82) is 0 Å². The molecule has 0 aliphatic carbocycles. The van der Waals surface area contributed by atoms with E-state index in [0.29, 0.717) is 4.57 Å². The van der Waals surface area contributed by atoms with E-state index in [9.17, 15) is 24.5 Å². The van der Waals surface area contributed by atoms with E-state index < -0.39 is 40.1 Å². The summed E-state index contributed by atoms with van der Waals surface area (Å²) >= 11 is 11.8. The Kier molecular flexibility index (Phi) is 5.40. The van der Waals surface area contributed by atoms with E-state index in [2.05, 4.69) is 5.32 Å². The van der Waals surface area contributed by atoms with Crippen LogP contribution in [0.3, 0.4) is 0 Å². The number of pyridine rings is 1. The number of carbonyl (C=O) groups is 2. The lowest BCUT2D eigenvalue weighted by Gasteiger charge is -2.10. The average molecular weight is 385 g/mol. The highest BCUT2D eigenvalue weighted by Gasteiger charge is 2.19. The summed E-state index contributed by atoms with van der Waals surface area (Å²) in [7, 11) is 0. The van der Waals surface area contributed by atoms with Gasteiger partial charge < -0.3 is 11.1 Å². The van der Waals surface area contributed by atoms with Crippen LogP contribution >= 0.6 is 23.2 Å². The molecule has 1 heterocycles. The van der Waals surface area contributed by atoms with E-state index in [1.54, 1.807) is 6.07 Å². The average Bonchev–Trinajstić information content (AvgIpc) is 2.53. The van der Waals surface area contributed by atoms with Crippen molar-refractivity contribution in [2.75, 3.05) is 5.32 Å². The van der Waals surface area contributed by atoms with Gasteiger partial charge in [0.2, 0.25) is 5.91 Å². The first-order valence-electron chi connectivity index (χ1n) is 6.63. The van der Waals surface area contributed by atoms with E-state index >= 15 is 0 Å². The summed E-state index contributed by atoms with van der Waals surface area (Å²) in [5.74, 6) is -1.84. The number of nitrogens with one attached hydrogen (secondary N) is 1. The van der Waals surface area contributed by atoms with Crippen molar-refractivity contribution in [2.24, 2.45) is 5.73 Å². The molecule has 2 amide bonds. The Morgan fingerprint density at radius 3 is 2.60 bits per heavy atom. The van der Waals surface area contributed by atoms with Crippen LogP contribution in [0.1, 0.15) is 10.4 Å². The minimum absolute atomic E-state index is 0.0988. The lowest BCUT2D eigenvalue weighted by Crippen LogP contribution is -2.33. The number of nitrogens with two attached hydrogens (primary N) is 1. The number of hydrogen-bond acceptors (Lipinski definition) is 5. The van der Waals surface area contributed by atoms with Crippen LogP contribution < -0.4 is 16.6 Å². The Hall–Kier alpha value is -2.91. The second-order valence-corrected chi connectivity index (χ2v) is 5.60. The van der Waals surface area contributed by atoms with Crippen LogP contribution in [-0.4, -0.2) is 21.3 Å².